The zero-order valence-electron chi connectivity index (χ0n) is 12.2. The molecule has 1 unspecified atom stereocenters. The van der Waals surface area contributed by atoms with Gasteiger partial charge in [-0.1, -0.05) is 42.1 Å². The van der Waals surface area contributed by atoms with E-state index in [0.29, 0.717) is 0 Å². The molecule has 1 atom stereocenters. The van der Waals surface area contributed by atoms with E-state index >= 15 is 0 Å². The Balaban J connectivity index is 2.72. The predicted molar refractivity (Wildman–Crippen MR) is 73.6 cm³/mol. The third-order valence-electron chi connectivity index (χ3n) is 3.09. The second-order valence-electron chi connectivity index (χ2n) is 4.92. The van der Waals surface area contributed by atoms with Gasteiger partial charge in [-0.05, 0) is 0 Å². The van der Waals surface area contributed by atoms with Crippen LogP contribution in [0.2, 0.25) is 0 Å². The van der Waals surface area contributed by atoms with Crippen LogP contribution in [0.3, 0.4) is 0 Å². The van der Waals surface area contributed by atoms with Crippen LogP contribution in [0.5, 0.6) is 0 Å². The highest BCUT2D eigenvalue weighted by atomic mass is 32.2. The maximum absolute atomic E-state index is 13.4. The fourth-order valence-electron chi connectivity index (χ4n) is 1.64. The smallest absolute Gasteiger partial charge is 0.282 e. The molecule has 0 fully saturated rings. The van der Waals surface area contributed by atoms with Crippen molar-refractivity contribution in [3.8, 4) is 0 Å². The molecule has 0 saturated heterocycles. The van der Waals surface area contributed by atoms with Gasteiger partial charge in [0.05, 0.1) is 0 Å². The SMILES string of the molecule is O=C(SCCC(F)(F)C(F)C(F)(F)C(F)(F)C(F)F)c1ccccc1. The number of thioether (sulfide) groups is 1. The Labute approximate surface area is 140 Å². The maximum atomic E-state index is 13.4. The van der Waals surface area contributed by atoms with Crippen molar-refractivity contribution < 1.29 is 44.3 Å². The fraction of sp³-hybridized carbons (Fsp3) is 0.500. The van der Waals surface area contributed by atoms with E-state index < -0.39 is 47.7 Å². The summed E-state index contributed by atoms with van der Waals surface area (Å²) in [7, 11) is 0. The molecule has 0 bridgehead atoms. The van der Waals surface area contributed by atoms with Crippen molar-refractivity contribution in [2.24, 2.45) is 0 Å². The van der Waals surface area contributed by atoms with Crippen LogP contribution in [0.15, 0.2) is 30.3 Å². The summed E-state index contributed by atoms with van der Waals surface area (Å²) < 4.78 is 115. The quantitative estimate of drug-likeness (QED) is 0.541. The third kappa shape index (κ3) is 4.83. The molecule has 0 aliphatic rings. The molecule has 142 valence electrons. The van der Waals surface area contributed by atoms with Gasteiger partial charge >= 0.3 is 18.3 Å². The summed E-state index contributed by atoms with van der Waals surface area (Å²) in [6.07, 6.45) is -11.6. The minimum atomic E-state index is -6.28. The van der Waals surface area contributed by atoms with Crippen molar-refractivity contribution in [3.63, 3.8) is 0 Å². The number of rotatable bonds is 8. The Morgan fingerprint density at radius 1 is 0.920 bits per heavy atom. The maximum Gasteiger partial charge on any atom is 0.372 e. The third-order valence-corrected chi connectivity index (χ3v) is 3.99. The van der Waals surface area contributed by atoms with Gasteiger partial charge in [0, 0.05) is 17.7 Å². The number of hydrogen-bond acceptors (Lipinski definition) is 2. The van der Waals surface area contributed by atoms with E-state index in [1.165, 1.54) is 24.3 Å². The number of hydrogen-bond donors (Lipinski definition) is 0. The fourth-order valence-corrected chi connectivity index (χ4v) is 2.51. The van der Waals surface area contributed by atoms with Gasteiger partial charge in [-0.2, -0.15) is 17.6 Å². The van der Waals surface area contributed by atoms with E-state index in [1.54, 1.807) is 6.07 Å². The van der Waals surface area contributed by atoms with E-state index in [1.807, 2.05) is 0 Å². The molecule has 0 radical (unpaired) electrons. The summed E-state index contributed by atoms with van der Waals surface area (Å²) in [5, 5.41) is -0.725. The summed E-state index contributed by atoms with van der Waals surface area (Å²) in [5.41, 5.74) is 0.0992. The summed E-state index contributed by atoms with van der Waals surface area (Å²) in [5.74, 6) is -18.5. The topological polar surface area (TPSA) is 17.1 Å². The first-order chi connectivity index (χ1) is 11.3. The van der Waals surface area contributed by atoms with Crippen LogP contribution in [0.25, 0.3) is 0 Å². The van der Waals surface area contributed by atoms with Crippen molar-refractivity contribution in [2.75, 3.05) is 5.75 Å². The predicted octanol–water partition coefficient (Wildman–Crippen LogP) is 5.46. The highest BCUT2D eigenvalue weighted by Gasteiger charge is 2.72. The first-order valence-electron chi connectivity index (χ1n) is 6.62. The zero-order valence-corrected chi connectivity index (χ0v) is 13.0. The summed E-state index contributed by atoms with van der Waals surface area (Å²) in [6, 6.07) is 7.17. The van der Waals surface area contributed by atoms with Gasteiger partial charge in [0.25, 0.3) is 5.92 Å². The molecule has 0 N–H and O–H groups in total. The molecule has 1 nitrogen and oxygen atoms in total. The monoisotopic (exact) mass is 398 g/mol. The molecule has 0 saturated carbocycles. The van der Waals surface area contributed by atoms with Gasteiger partial charge in [0.2, 0.25) is 11.3 Å². The molecule has 0 spiro atoms. The van der Waals surface area contributed by atoms with Crippen LogP contribution < -0.4 is 0 Å². The molecule has 25 heavy (non-hydrogen) atoms. The molecular formula is C14H11F9OS. The van der Waals surface area contributed by atoms with Crippen LogP contribution in [-0.4, -0.2) is 41.2 Å². The highest BCUT2D eigenvalue weighted by molar-refractivity contribution is 8.14. The Morgan fingerprint density at radius 2 is 1.44 bits per heavy atom. The lowest BCUT2D eigenvalue weighted by atomic mass is 10.00. The zero-order chi connectivity index (χ0) is 19.5. The molecule has 0 aliphatic carbocycles. The van der Waals surface area contributed by atoms with E-state index in [4.69, 9.17) is 0 Å². The Bertz CT molecular complexity index is 577. The van der Waals surface area contributed by atoms with Gasteiger partial charge < -0.3 is 0 Å². The summed E-state index contributed by atoms with van der Waals surface area (Å²) in [6.45, 7) is 0. The van der Waals surface area contributed by atoms with Gasteiger partial charge in [0.1, 0.15) is 0 Å². The van der Waals surface area contributed by atoms with Crippen LogP contribution in [0.1, 0.15) is 16.8 Å². The number of benzene rings is 1. The average Bonchev–Trinajstić information content (AvgIpc) is 2.54. The minimum Gasteiger partial charge on any atom is -0.282 e. The van der Waals surface area contributed by atoms with Crippen molar-refractivity contribution >= 4 is 16.9 Å². The van der Waals surface area contributed by atoms with E-state index in [2.05, 4.69) is 0 Å². The second-order valence-corrected chi connectivity index (χ2v) is 5.99. The molecular weight excluding hydrogens is 387 g/mol. The second kappa shape index (κ2) is 7.88. The molecule has 1 aromatic rings. The number of halogens is 9. The largest absolute Gasteiger partial charge is 0.372 e. The number of carbonyl (C=O) groups excluding carboxylic acids is 1. The van der Waals surface area contributed by atoms with Crippen LogP contribution in [0.4, 0.5) is 39.5 Å². The van der Waals surface area contributed by atoms with Crippen molar-refractivity contribution in [3.05, 3.63) is 35.9 Å². The molecule has 0 aromatic heterocycles. The van der Waals surface area contributed by atoms with Crippen molar-refractivity contribution in [1.29, 1.82) is 0 Å². The number of carbonyl (C=O) groups is 1. The first-order valence-corrected chi connectivity index (χ1v) is 7.60. The van der Waals surface area contributed by atoms with E-state index in [0.717, 1.165) is 0 Å². The molecule has 0 heterocycles. The van der Waals surface area contributed by atoms with Gasteiger partial charge in [-0.15, -0.1) is 0 Å². The Kier molecular flexibility index (Phi) is 6.82. The molecule has 1 aromatic carbocycles. The minimum absolute atomic E-state index is 0.0992. The first kappa shape index (κ1) is 21.7. The standard InChI is InChI=1S/C14H11F9OS/c15-10(13(20,21)14(22,23)11(16)17)12(18,19)6-7-25-9(24)8-4-2-1-3-5-8/h1-5,10-11H,6-7H2. The highest BCUT2D eigenvalue weighted by Crippen LogP contribution is 2.47. The Morgan fingerprint density at radius 3 is 1.92 bits per heavy atom. The van der Waals surface area contributed by atoms with Crippen LogP contribution in [-0.2, 0) is 0 Å². The van der Waals surface area contributed by atoms with Gasteiger partial charge in [-0.3, -0.25) is 4.79 Å². The lowest BCUT2D eigenvalue weighted by molar-refractivity contribution is -0.310. The lowest BCUT2D eigenvalue weighted by Crippen LogP contribution is -2.57. The van der Waals surface area contributed by atoms with Crippen LogP contribution in [0, 0.1) is 0 Å². The summed E-state index contributed by atoms with van der Waals surface area (Å²) in [4.78, 5) is 11.6. The van der Waals surface area contributed by atoms with E-state index in [-0.39, 0.29) is 17.3 Å². The van der Waals surface area contributed by atoms with E-state index in [9.17, 15) is 44.3 Å². The van der Waals surface area contributed by atoms with Crippen molar-refractivity contribution in [1.82, 2.24) is 0 Å². The van der Waals surface area contributed by atoms with Crippen LogP contribution >= 0.6 is 11.8 Å². The van der Waals surface area contributed by atoms with Crippen molar-refractivity contribution in [2.45, 2.75) is 36.8 Å². The lowest BCUT2D eigenvalue weighted by Gasteiger charge is -2.32. The Hall–Kier alpha value is -1.39. The average molecular weight is 398 g/mol. The number of alkyl halides is 9. The molecule has 0 amide bonds. The molecule has 1 rings (SSSR count). The molecule has 0 aliphatic heterocycles. The summed E-state index contributed by atoms with van der Waals surface area (Å²) >= 11 is 0.232. The van der Waals surface area contributed by atoms with Gasteiger partial charge in [-0.25, -0.2) is 22.0 Å². The molecule has 11 heteroatoms. The normalized spacial score (nSPS) is 14.6. The van der Waals surface area contributed by atoms with Gasteiger partial charge in [0.15, 0.2) is 0 Å².